The van der Waals surface area contributed by atoms with Gasteiger partial charge in [-0.15, -0.1) is 0 Å². The van der Waals surface area contributed by atoms with Gasteiger partial charge in [0.1, 0.15) is 0 Å². The average molecular weight is 575 g/mol. The van der Waals surface area contributed by atoms with E-state index in [0.29, 0.717) is 0 Å². The maximum Gasteiger partial charge on any atom is 2.00 e. The van der Waals surface area contributed by atoms with E-state index < -0.39 is 11.6 Å². The molecule has 110 valence electrons. The van der Waals surface area contributed by atoms with Gasteiger partial charge in [0.15, 0.2) is 5.60 Å². The summed E-state index contributed by atoms with van der Waals surface area (Å²) in [5, 5.41) is 0. The van der Waals surface area contributed by atoms with Crippen LogP contribution in [-0.4, -0.2) is 65.7 Å². The van der Waals surface area contributed by atoms with E-state index >= 15 is 0 Å². The van der Waals surface area contributed by atoms with Crippen molar-refractivity contribution in [3.8, 4) is 0 Å². The molecule has 0 aromatic carbocycles. The Labute approximate surface area is 172 Å². The van der Waals surface area contributed by atoms with Crippen molar-refractivity contribution in [2.45, 2.75) is 26.4 Å². The third-order valence-corrected chi connectivity index (χ3v) is 2.57. The summed E-state index contributed by atoms with van der Waals surface area (Å²) in [4.78, 5) is 21.0. The van der Waals surface area contributed by atoms with Crippen LogP contribution >= 0.6 is 15.9 Å². The summed E-state index contributed by atoms with van der Waals surface area (Å²) in [6, 6.07) is 0. The van der Waals surface area contributed by atoms with Gasteiger partial charge in [-0.05, 0) is 29.8 Å². The summed E-state index contributed by atoms with van der Waals surface area (Å²) in [6.45, 7) is 7.41. The van der Waals surface area contributed by atoms with Gasteiger partial charge in [0.2, 0.25) is 4.69 Å². The van der Waals surface area contributed by atoms with Crippen molar-refractivity contribution in [1.29, 1.82) is 0 Å². The Bertz CT molecular complexity index is 239. The molecule has 5 nitrogen and oxygen atoms in total. The van der Waals surface area contributed by atoms with Gasteiger partial charge in [-0.1, -0.05) is 0 Å². The number of carbonyl (C=O) groups excluding carboxylic acids is 2. The van der Waals surface area contributed by atoms with Crippen molar-refractivity contribution < 1.29 is 71.8 Å². The molecule has 0 spiro atoms. The maximum absolute atomic E-state index is 10.6. The molecule has 0 bridgehead atoms. The van der Waals surface area contributed by atoms with Gasteiger partial charge in [0.05, 0.1) is 26.4 Å². The molecular formula is C10H17BrI2MgO5. The Kier molecular flexibility index (Phi) is 24.5. The fourth-order valence-electron chi connectivity index (χ4n) is 0.839. The standard InChI is InChI=1S/C6H9BrO3.C4H8O2.2HI.Mg/c1-4(8)10-6(2,3)5(7)9;1-2-6-4-3-5-1;;;/h1-3H3;1-4H2;2*1H;/q;;;;+2/p-2. The SMILES string of the molecule is C1COCCO1.CC(=O)OC(C)(C)C(=O)Br.[I-].[I-].[Mg+2]. The zero-order valence-corrected chi connectivity index (χ0v) is 18.5. The van der Waals surface area contributed by atoms with E-state index in [2.05, 4.69) is 20.7 Å². The molecule has 0 aromatic heterocycles. The molecule has 9 heteroatoms. The Morgan fingerprint density at radius 3 is 1.47 bits per heavy atom. The van der Waals surface area contributed by atoms with Crippen LogP contribution in [0.25, 0.3) is 0 Å². The van der Waals surface area contributed by atoms with E-state index in [1.54, 1.807) is 0 Å². The summed E-state index contributed by atoms with van der Waals surface area (Å²) < 4.78 is 14.2. The minimum atomic E-state index is -1.05. The molecule has 1 aliphatic heterocycles. The van der Waals surface area contributed by atoms with Gasteiger partial charge < -0.3 is 62.2 Å². The van der Waals surface area contributed by atoms with Crippen LogP contribution in [0.2, 0.25) is 0 Å². The van der Waals surface area contributed by atoms with Crippen LogP contribution in [0.5, 0.6) is 0 Å². The molecule has 1 fully saturated rings. The Morgan fingerprint density at radius 2 is 1.37 bits per heavy atom. The van der Waals surface area contributed by atoms with Crippen molar-refractivity contribution in [3.05, 3.63) is 0 Å². The molecule has 1 rings (SSSR count). The predicted molar refractivity (Wildman–Crippen MR) is 67.2 cm³/mol. The number of halogens is 3. The van der Waals surface area contributed by atoms with E-state index in [-0.39, 0.29) is 75.7 Å². The molecule has 0 amide bonds. The van der Waals surface area contributed by atoms with E-state index in [4.69, 9.17) is 9.47 Å². The number of ether oxygens (including phenoxy) is 3. The van der Waals surface area contributed by atoms with E-state index in [0.717, 1.165) is 26.4 Å². The molecule has 0 N–H and O–H groups in total. The Hall–Kier alpha value is 1.77. The molecule has 1 heterocycles. The second-order valence-electron chi connectivity index (χ2n) is 3.60. The first-order valence-electron chi connectivity index (χ1n) is 4.91. The Balaban J connectivity index is -0.000000110. The monoisotopic (exact) mass is 574 g/mol. The molecule has 0 atom stereocenters. The minimum absolute atomic E-state index is 0. The molecule has 0 unspecified atom stereocenters. The quantitative estimate of drug-likeness (QED) is 0.143. The summed E-state index contributed by atoms with van der Waals surface area (Å²) in [5.74, 6) is -0.460. The summed E-state index contributed by atoms with van der Waals surface area (Å²) in [6.07, 6.45) is 0. The van der Waals surface area contributed by atoms with Gasteiger partial charge in [-0.25, -0.2) is 0 Å². The van der Waals surface area contributed by atoms with Crippen LogP contribution in [0, 0.1) is 0 Å². The molecule has 0 saturated carbocycles. The predicted octanol–water partition coefficient (Wildman–Crippen LogP) is -5.09. The Morgan fingerprint density at radius 1 is 1.05 bits per heavy atom. The van der Waals surface area contributed by atoms with Crippen LogP contribution in [0.15, 0.2) is 0 Å². The average Bonchev–Trinajstić information content (AvgIpc) is 2.19. The van der Waals surface area contributed by atoms with Crippen LogP contribution in [0.1, 0.15) is 20.8 Å². The number of rotatable bonds is 2. The maximum atomic E-state index is 10.6. The van der Waals surface area contributed by atoms with Gasteiger partial charge in [-0.3, -0.25) is 9.59 Å². The van der Waals surface area contributed by atoms with Crippen LogP contribution in [0.4, 0.5) is 0 Å². The van der Waals surface area contributed by atoms with E-state index in [9.17, 15) is 9.59 Å². The molecular weight excluding hydrogens is 558 g/mol. The second kappa shape index (κ2) is 16.1. The molecule has 1 saturated heterocycles. The third kappa shape index (κ3) is 17.7. The van der Waals surface area contributed by atoms with Crippen LogP contribution < -0.4 is 48.0 Å². The first-order chi connectivity index (χ1) is 7.36. The number of hydrogen-bond donors (Lipinski definition) is 0. The zero-order valence-electron chi connectivity index (χ0n) is 11.2. The smallest absolute Gasteiger partial charge is 1.00 e. The molecule has 0 aromatic rings. The van der Waals surface area contributed by atoms with Crippen LogP contribution in [-0.2, 0) is 23.8 Å². The van der Waals surface area contributed by atoms with Crippen molar-refractivity contribution in [1.82, 2.24) is 0 Å². The van der Waals surface area contributed by atoms with Crippen LogP contribution in [0.3, 0.4) is 0 Å². The van der Waals surface area contributed by atoms with Crippen molar-refractivity contribution in [2.75, 3.05) is 26.4 Å². The molecule has 1 aliphatic rings. The van der Waals surface area contributed by atoms with E-state index in [1.807, 2.05) is 0 Å². The zero-order chi connectivity index (χ0) is 12.6. The van der Waals surface area contributed by atoms with E-state index in [1.165, 1.54) is 20.8 Å². The first kappa shape index (κ1) is 28.9. The summed E-state index contributed by atoms with van der Waals surface area (Å²) in [7, 11) is 0. The number of esters is 1. The summed E-state index contributed by atoms with van der Waals surface area (Å²) in [5.41, 5.74) is -1.05. The second-order valence-corrected chi connectivity index (χ2v) is 4.32. The fraction of sp³-hybridized carbons (Fsp3) is 0.800. The van der Waals surface area contributed by atoms with Gasteiger partial charge in [-0.2, -0.15) is 0 Å². The van der Waals surface area contributed by atoms with Crippen molar-refractivity contribution in [3.63, 3.8) is 0 Å². The summed E-state index contributed by atoms with van der Waals surface area (Å²) >= 11 is 2.71. The van der Waals surface area contributed by atoms with Crippen molar-refractivity contribution in [2.24, 2.45) is 0 Å². The van der Waals surface area contributed by atoms with Gasteiger partial charge in [0, 0.05) is 6.92 Å². The van der Waals surface area contributed by atoms with Crippen molar-refractivity contribution >= 4 is 49.6 Å². The molecule has 0 radical (unpaired) electrons. The third-order valence-electron chi connectivity index (χ3n) is 1.62. The number of carbonyl (C=O) groups is 2. The minimum Gasteiger partial charge on any atom is -1.00 e. The normalized spacial score (nSPS) is 13.3. The molecule has 0 aliphatic carbocycles. The van der Waals surface area contributed by atoms with Gasteiger partial charge >= 0.3 is 29.0 Å². The number of hydrogen-bond acceptors (Lipinski definition) is 5. The first-order valence-corrected chi connectivity index (χ1v) is 5.70. The fourth-order valence-corrected chi connectivity index (χ4v) is 0.920. The largest absolute Gasteiger partial charge is 2.00 e. The van der Waals surface area contributed by atoms with Gasteiger partial charge in [0.25, 0.3) is 0 Å². The molecule has 19 heavy (non-hydrogen) atoms. The topological polar surface area (TPSA) is 61.8 Å².